The van der Waals surface area contributed by atoms with Crippen LogP contribution in [0.4, 0.5) is 19.5 Å². The molecule has 49 heavy (non-hydrogen) atoms. The minimum Gasteiger partial charge on any atom is -0.444 e. The van der Waals surface area contributed by atoms with Crippen LogP contribution in [0.25, 0.3) is 22.2 Å². The average Bonchev–Trinajstić information content (AvgIpc) is 3.60. The lowest BCUT2D eigenvalue weighted by atomic mass is 9.90. The highest BCUT2D eigenvalue weighted by molar-refractivity contribution is 7.90. The van der Waals surface area contributed by atoms with Gasteiger partial charge >= 0.3 is 6.09 Å². The zero-order valence-corrected chi connectivity index (χ0v) is 28.8. The van der Waals surface area contributed by atoms with Crippen molar-refractivity contribution in [2.24, 2.45) is 0 Å². The molecule has 2 fully saturated rings. The van der Waals surface area contributed by atoms with E-state index in [0.717, 1.165) is 17.7 Å². The molecule has 6 rings (SSSR count). The molecule has 0 bridgehead atoms. The summed E-state index contributed by atoms with van der Waals surface area (Å²) in [5, 5.41) is 7.04. The van der Waals surface area contributed by atoms with Gasteiger partial charge in [-0.2, -0.15) is 0 Å². The summed E-state index contributed by atoms with van der Waals surface area (Å²) in [6, 6.07) is 13.3. The van der Waals surface area contributed by atoms with Gasteiger partial charge in [0, 0.05) is 35.7 Å². The first-order valence-electron chi connectivity index (χ1n) is 16.0. The number of nitrogens with zero attached hydrogens (tertiary/aromatic N) is 4. The van der Waals surface area contributed by atoms with E-state index in [9.17, 15) is 26.8 Å². The van der Waals surface area contributed by atoms with Crippen LogP contribution in [0.5, 0.6) is 0 Å². The molecular weight excluding hydrogens is 678 g/mol. The largest absolute Gasteiger partial charge is 0.444 e. The molecule has 2 amide bonds. The smallest absolute Gasteiger partial charge is 0.411 e. The molecule has 0 radical (unpaired) electrons. The first-order chi connectivity index (χ1) is 23.1. The Morgan fingerprint density at radius 1 is 1.04 bits per heavy atom. The lowest BCUT2D eigenvalue weighted by molar-refractivity contribution is -0.126. The predicted octanol–water partition coefficient (Wildman–Crippen LogP) is 6.47. The monoisotopic (exact) mass is 714 g/mol. The first kappa shape index (κ1) is 34.6. The van der Waals surface area contributed by atoms with Crippen molar-refractivity contribution >= 4 is 50.5 Å². The van der Waals surface area contributed by atoms with Gasteiger partial charge in [0.2, 0.25) is 11.9 Å². The van der Waals surface area contributed by atoms with E-state index in [4.69, 9.17) is 16.3 Å². The van der Waals surface area contributed by atoms with Gasteiger partial charge in [-0.25, -0.2) is 35.9 Å². The van der Waals surface area contributed by atoms with Crippen LogP contribution in [-0.2, 0) is 19.6 Å². The number of likely N-dealkylation sites (tertiary alicyclic amines) is 1. The molecule has 1 saturated carbocycles. The van der Waals surface area contributed by atoms with Gasteiger partial charge in [0.05, 0.1) is 33.9 Å². The number of anilines is 1. The number of fused-ring (bicyclic) bond motifs is 1. The molecule has 260 valence electrons. The summed E-state index contributed by atoms with van der Waals surface area (Å²) < 4.78 is 62.6. The van der Waals surface area contributed by atoms with E-state index < -0.39 is 52.6 Å². The van der Waals surface area contributed by atoms with Crippen molar-refractivity contribution in [1.29, 1.82) is 0 Å². The molecule has 0 spiro atoms. The normalized spacial score (nSPS) is 21.0. The Labute approximate surface area is 288 Å². The number of benzene rings is 2. The van der Waals surface area contributed by atoms with Gasteiger partial charge in [-0.1, -0.05) is 48.0 Å². The maximum Gasteiger partial charge on any atom is 0.411 e. The summed E-state index contributed by atoms with van der Waals surface area (Å²) in [7, 11) is -3.93. The number of alkyl halides is 2. The lowest BCUT2D eigenvalue weighted by Crippen LogP contribution is -2.51. The number of amides is 2. The Hall–Kier alpha value is -4.30. The molecule has 15 heteroatoms. The number of hydrogen-bond acceptors (Lipinski definition) is 8. The Kier molecular flexibility index (Phi) is 9.31. The van der Waals surface area contributed by atoms with Crippen LogP contribution in [-0.4, -0.2) is 75.5 Å². The van der Waals surface area contributed by atoms with Gasteiger partial charge in [0.15, 0.2) is 0 Å². The van der Waals surface area contributed by atoms with Gasteiger partial charge in [-0.3, -0.25) is 9.69 Å². The number of hydrogen-bond donors (Lipinski definition) is 2. The second-order valence-corrected chi connectivity index (χ2v) is 15.7. The first-order valence-corrected chi connectivity index (χ1v) is 17.8. The molecule has 4 aromatic rings. The Bertz CT molecular complexity index is 1990. The van der Waals surface area contributed by atoms with E-state index in [0.29, 0.717) is 35.0 Å². The topological polar surface area (TPSA) is 136 Å². The third-order valence-electron chi connectivity index (χ3n) is 8.53. The number of aromatic nitrogens is 3. The maximum absolute atomic E-state index is 14.4. The van der Waals surface area contributed by atoms with Gasteiger partial charge in [-0.15, -0.1) is 0 Å². The molecule has 1 aliphatic heterocycles. The number of carbonyl (C=O) groups is 2. The van der Waals surface area contributed by atoms with E-state index in [1.165, 1.54) is 28.5 Å². The fourth-order valence-corrected chi connectivity index (χ4v) is 7.95. The SMILES string of the molecule is CC(C)(C)OC(=O)N1CC(F)(F)C[C@H]1C(=O)N[C@H]1CCC[C@@H](Nc2ncc(Cl)c(-c3cn(S(=O)(=O)c4ccccc4)c4ccccc34)n2)C1. The minimum absolute atomic E-state index is 0.136. The third-order valence-corrected chi connectivity index (χ3v) is 10.5. The molecule has 2 aliphatic rings. The van der Waals surface area contributed by atoms with Gasteiger partial charge < -0.3 is 15.4 Å². The van der Waals surface area contributed by atoms with Crippen LogP contribution in [0, 0.1) is 0 Å². The molecule has 3 atom stereocenters. The summed E-state index contributed by atoms with van der Waals surface area (Å²) in [5.41, 5.74) is 0.394. The van der Waals surface area contributed by atoms with Gasteiger partial charge in [0.1, 0.15) is 11.6 Å². The zero-order chi connectivity index (χ0) is 35.1. The lowest BCUT2D eigenvalue weighted by Gasteiger charge is -2.32. The molecule has 3 heterocycles. The van der Waals surface area contributed by atoms with Crippen molar-refractivity contribution < 1.29 is 31.5 Å². The molecule has 11 nitrogen and oxygen atoms in total. The van der Waals surface area contributed by atoms with Crippen molar-refractivity contribution in [3.8, 4) is 11.3 Å². The van der Waals surface area contributed by atoms with Crippen LogP contribution < -0.4 is 10.6 Å². The quantitative estimate of drug-likeness (QED) is 0.222. The second-order valence-electron chi connectivity index (χ2n) is 13.5. The predicted molar refractivity (Wildman–Crippen MR) is 181 cm³/mol. The van der Waals surface area contributed by atoms with Crippen molar-refractivity contribution in [2.45, 2.75) is 87.4 Å². The summed E-state index contributed by atoms with van der Waals surface area (Å²) in [6.45, 7) is 4.00. The molecule has 0 unspecified atom stereocenters. The Morgan fingerprint density at radius 2 is 1.73 bits per heavy atom. The molecule has 1 aliphatic carbocycles. The molecule has 2 N–H and O–H groups in total. The van der Waals surface area contributed by atoms with Crippen molar-refractivity contribution in [1.82, 2.24) is 24.2 Å². The number of halogens is 3. The highest BCUT2D eigenvalue weighted by Crippen LogP contribution is 2.37. The molecule has 2 aromatic carbocycles. The van der Waals surface area contributed by atoms with Crippen LogP contribution in [0.2, 0.25) is 5.02 Å². The number of rotatable bonds is 7. The minimum atomic E-state index is -3.93. The third kappa shape index (κ3) is 7.49. The molecule has 1 saturated heterocycles. The fourth-order valence-electron chi connectivity index (χ4n) is 6.36. The van der Waals surface area contributed by atoms with E-state index >= 15 is 0 Å². The van der Waals surface area contributed by atoms with Crippen molar-refractivity contribution in [3.05, 3.63) is 72.0 Å². The summed E-state index contributed by atoms with van der Waals surface area (Å²) >= 11 is 6.60. The van der Waals surface area contributed by atoms with Gasteiger partial charge in [-0.05, 0) is 64.7 Å². The number of ether oxygens (including phenoxy) is 1. The Morgan fingerprint density at radius 3 is 2.47 bits per heavy atom. The van der Waals surface area contributed by atoms with Crippen LogP contribution in [0.3, 0.4) is 0 Å². The van der Waals surface area contributed by atoms with Crippen LogP contribution >= 0.6 is 11.6 Å². The standard InChI is InChI=1S/C34H37ClF2N6O5S/c1-33(2,3)48-32(45)42-20-34(36,37)17-28(42)30(44)39-21-10-9-11-22(16-21)40-31-38-18-26(35)29(41-31)25-19-43(27-15-8-7-14-24(25)27)49(46,47)23-12-5-4-6-13-23/h4-8,12-15,18-19,21-22,28H,9-11,16-17,20H2,1-3H3,(H,39,44)(H,38,40,41)/t21-,22+,28-/m0/s1. The van der Waals surface area contributed by atoms with Crippen molar-refractivity contribution in [2.75, 3.05) is 11.9 Å². The highest BCUT2D eigenvalue weighted by atomic mass is 35.5. The second kappa shape index (κ2) is 13.2. The van der Waals surface area contributed by atoms with E-state index in [-0.39, 0.29) is 28.0 Å². The summed E-state index contributed by atoms with van der Waals surface area (Å²) in [5.74, 6) is -3.61. The maximum atomic E-state index is 14.4. The van der Waals surface area contributed by atoms with Gasteiger partial charge in [0.25, 0.3) is 15.9 Å². The van der Waals surface area contributed by atoms with Crippen molar-refractivity contribution in [3.63, 3.8) is 0 Å². The van der Waals surface area contributed by atoms with Crippen LogP contribution in [0.1, 0.15) is 52.9 Å². The molecular formula is C34H37ClF2N6O5S. The number of carbonyl (C=O) groups excluding carboxylic acids is 2. The number of nitrogens with one attached hydrogen (secondary N) is 2. The van der Waals surface area contributed by atoms with E-state index in [2.05, 4.69) is 20.6 Å². The molecule has 2 aromatic heterocycles. The summed E-state index contributed by atoms with van der Waals surface area (Å²) in [4.78, 5) is 35.9. The van der Waals surface area contributed by atoms with Crippen LogP contribution in [0.15, 0.2) is 71.9 Å². The fraction of sp³-hybridized carbons (Fsp3) is 0.412. The summed E-state index contributed by atoms with van der Waals surface area (Å²) in [6.07, 6.45) is 3.75. The van der Waals surface area contributed by atoms with E-state index in [1.54, 1.807) is 63.2 Å². The Balaban J connectivity index is 1.19. The number of para-hydroxylation sites is 1. The zero-order valence-electron chi connectivity index (χ0n) is 27.2. The average molecular weight is 715 g/mol. The highest BCUT2D eigenvalue weighted by Gasteiger charge is 2.51. The van der Waals surface area contributed by atoms with E-state index in [1.807, 2.05) is 0 Å².